The van der Waals surface area contributed by atoms with Gasteiger partial charge in [0, 0.05) is 24.0 Å². The molecule has 2 N–H and O–H groups in total. The number of anilines is 2. The molecule has 0 radical (unpaired) electrons. The van der Waals surface area contributed by atoms with Gasteiger partial charge in [-0.3, -0.25) is 0 Å². The summed E-state index contributed by atoms with van der Waals surface area (Å²) in [4.78, 5) is 8.09. The van der Waals surface area contributed by atoms with Crippen molar-refractivity contribution in [1.82, 2.24) is 9.97 Å². The Morgan fingerprint density at radius 2 is 2.14 bits per heavy atom. The summed E-state index contributed by atoms with van der Waals surface area (Å²) in [6, 6.07) is 15.4. The zero-order valence-electron chi connectivity index (χ0n) is 15.2. The Labute approximate surface area is 163 Å². The van der Waals surface area contributed by atoms with Crippen LogP contribution in [-0.4, -0.2) is 16.2 Å². The SMILES string of the molecule is N#Cc1ccc2c(c1)CCC[C@@H]2Oc1ccc(C=N)c(Nc2ccncn2)c1. The molecule has 0 saturated carbocycles. The number of nitrogens with zero attached hydrogens (tertiary/aromatic N) is 3. The van der Waals surface area contributed by atoms with E-state index in [1.54, 1.807) is 12.3 Å². The van der Waals surface area contributed by atoms with Crippen LogP contribution in [0.1, 0.15) is 41.2 Å². The van der Waals surface area contributed by atoms with E-state index in [0.717, 1.165) is 41.8 Å². The Kier molecular flexibility index (Phi) is 4.98. The van der Waals surface area contributed by atoms with Crippen molar-refractivity contribution in [2.24, 2.45) is 0 Å². The number of fused-ring (bicyclic) bond motifs is 1. The van der Waals surface area contributed by atoms with Gasteiger partial charge in [-0.25, -0.2) is 9.97 Å². The van der Waals surface area contributed by atoms with Gasteiger partial charge in [0.2, 0.25) is 0 Å². The first kappa shape index (κ1) is 17.7. The van der Waals surface area contributed by atoms with Crippen molar-refractivity contribution in [2.45, 2.75) is 25.4 Å². The zero-order valence-corrected chi connectivity index (χ0v) is 15.2. The third-order valence-corrected chi connectivity index (χ3v) is 4.83. The maximum atomic E-state index is 9.13. The van der Waals surface area contributed by atoms with E-state index >= 15 is 0 Å². The van der Waals surface area contributed by atoms with E-state index in [1.807, 2.05) is 36.4 Å². The molecule has 1 aliphatic rings. The first-order valence-corrected chi connectivity index (χ1v) is 9.14. The van der Waals surface area contributed by atoms with Crippen molar-refractivity contribution < 1.29 is 4.74 Å². The molecule has 2 aromatic carbocycles. The average Bonchev–Trinajstić information content (AvgIpc) is 2.74. The molecule has 0 amide bonds. The molecule has 138 valence electrons. The molecule has 0 unspecified atom stereocenters. The smallest absolute Gasteiger partial charge is 0.133 e. The number of hydrogen-bond donors (Lipinski definition) is 2. The van der Waals surface area contributed by atoms with E-state index in [4.69, 9.17) is 15.4 Å². The topological polar surface area (TPSA) is 94.7 Å². The average molecular weight is 369 g/mol. The highest BCUT2D eigenvalue weighted by Gasteiger charge is 2.22. The summed E-state index contributed by atoms with van der Waals surface area (Å²) in [5, 5.41) is 20.0. The molecule has 0 saturated heterocycles. The molecule has 1 heterocycles. The number of aryl methyl sites for hydroxylation is 1. The lowest BCUT2D eigenvalue weighted by molar-refractivity contribution is 0.183. The van der Waals surface area contributed by atoms with Gasteiger partial charge in [-0.2, -0.15) is 5.26 Å². The van der Waals surface area contributed by atoms with Crippen molar-refractivity contribution in [1.29, 1.82) is 10.7 Å². The number of rotatable bonds is 5. The lowest BCUT2D eigenvalue weighted by Gasteiger charge is -2.27. The third-order valence-electron chi connectivity index (χ3n) is 4.83. The third kappa shape index (κ3) is 3.69. The second kappa shape index (κ2) is 7.89. The van der Waals surface area contributed by atoms with Crippen LogP contribution in [0.3, 0.4) is 0 Å². The fourth-order valence-electron chi connectivity index (χ4n) is 3.47. The van der Waals surface area contributed by atoms with E-state index < -0.39 is 0 Å². The lowest BCUT2D eigenvalue weighted by atomic mass is 9.88. The molecule has 6 heteroatoms. The summed E-state index contributed by atoms with van der Waals surface area (Å²) in [5.74, 6) is 1.38. The first-order chi connectivity index (χ1) is 13.8. The van der Waals surface area contributed by atoms with Crippen LogP contribution in [0.4, 0.5) is 11.5 Å². The standard InChI is InChI=1S/C22H19N5O/c23-12-15-4-7-19-16(10-15)2-1-3-21(19)28-18-6-5-17(13-24)20(11-18)27-22-8-9-25-14-26-22/h4-11,13-14,21,24H,1-3H2,(H,25,26,27)/t21-/m0/s1. The largest absolute Gasteiger partial charge is 0.486 e. The van der Waals surface area contributed by atoms with E-state index in [-0.39, 0.29) is 6.10 Å². The van der Waals surface area contributed by atoms with Gasteiger partial charge < -0.3 is 15.5 Å². The summed E-state index contributed by atoms with van der Waals surface area (Å²) in [6.45, 7) is 0. The molecule has 0 bridgehead atoms. The molecular formula is C22H19N5O. The van der Waals surface area contributed by atoms with E-state index in [9.17, 15) is 0 Å². The maximum Gasteiger partial charge on any atom is 0.133 e. The van der Waals surface area contributed by atoms with Gasteiger partial charge in [0.25, 0.3) is 0 Å². The molecule has 4 rings (SSSR count). The quantitative estimate of drug-likeness (QED) is 0.644. The Bertz CT molecular complexity index is 1040. The van der Waals surface area contributed by atoms with Gasteiger partial charge in [-0.15, -0.1) is 0 Å². The zero-order chi connectivity index (χ0) is 19.3. The Balaban J connectivity index is 1.60. The maximum absolute atomic E-state index is 9.13. The molecule has 1 atom stereocenters. The molecule has 28 heavy (non-hydrogen) atoms. The van der Waals surface area contributed by atoms with Crippen LogP contribution in [0.2, 0.25) is 0 Å². The van der Waals surface area contributed by atoms with Gasteiger partial charge in [0.05, 0.1) is 17.3 Å². The molecule has 1 aliphatic carbocycles. The van der Waals surface area contributed by atoms with Crippen LogP contribution in [0, 0.1) is 16.7 Å². The van der Waals surface area contributed by atoms with E-state index in [0.29, 0.717) is 11.4 Å². The highest BCUT2D eigenvalue weighted by Crippen LogP contribution is 2.35. The minimum Gasteiger partial charge on any atom is -0.486 e. The summed E-state index contributed by atoms with van der Waals surface area (Å²) in [6.07, 6.45) is 7.31. The summed E-state index contributed by atoms with van der Waals surface area (Å²) in [7, 11) is 0. The normalized spacial score (nSPS) is 15.2. The van der Waals surface area contributed by atoms with Crippen LogP contribution in [-0.2, 0) is 6.42 Å². The van der Waals surface area contributed by atoms with Crippen LogP contribution in [0.15, 0.2) is 55.0 Å². The van der Waals surface area contributed by atoms with Gasteiger partial charge in [-0.1, -0.05) is 6.07 Å². The van der Waals surface area contributed by atoms with Crippen molar-refractivity contribution in [3.05, 3.63) is 77.2 Å². The first-order valence-electron chi connectivity index (χ1n) is 9.14. The number of benzene rings is 2. The van der Waals surface area contributed by atoms with Gasteiger partial charge in [0.15, 0.2) is 0 Å². The number of nitriles is 1. The van der Waals surface area contributed by atoms with E-state index in [2.05, 4.69) is 21.4 Å². The van der Waals surface area contributed by atoms with Crippen molar-refractivity contribution in [3.63, 3.8) is 0 Å². The molecule has 6 nitrogen and oxygen atoms in total. The molecular weight excluding hydrogens is 350 g/mol. The van der Waals surface area contributed by atoms with E-state index in [1.165, 1.54) is 18.1 Å². The van der Waals surface area contributed by atoms with Crippen LogP contribution in [0.25, 0.3) is 0 Å². The van der Waals surface area contributed by atoms with Gasteiger partial charge in [0.1, 0.15) is 24.0 Å². The predicted octanol–water partition coefficient (Wildman–Crippen LogP) is 4.55. The highest BCUT2D eigenvalue weighted by atomic mass is 16.5. The fraction of sp³-hybridized carbons (Fsp3) is 0.182. The minimum atomic E-state index is -0.0470. The minimum absolute atomic E-state index is 0.0470. The summed E-state index contributed by atoms with van der Waals surface area (Å²) in [5.41, 5.74) is 4.51. The van der Waals surface area contributed by atoms with Crippen molar-refractivity contribution in [3.8, 4) is 11.8 Å². The number of nitrogens with one attached hydrogen (secondary N) is 2. The Morgan fingerprint density at radius 3 is 2.93 bits per heavy atom. The number of aromatic nitrogens is 2. The molecule has 1 aromatic heterocycles. The second-order valence-electron chi connectivity index (χ2n) is 6.64. The van der Waals surface area contributed by atoms with Gasteiger partial charge in [-0.05, 0) is 60.7 Å². The van der Waals surface area contributed by atoms with Crippen molar-refractivity contribution in [2.75, 3.05) is 5.32 Å². The van der Waals surface area contributed by atoms with Crippen molar-refractivity contribution >= 4 is 17.7 Å². The monoisotopic (exact) mass is 369 g/mol. The van der Waals surface area contributed by atoms with Crippen LogP contribution >= 0.6 is 0 Å². The Morgan fingerprint density at radius 1 is 1.21 bits per heavy atom. The van der Waals surface area contributed by atoms with Gasteiger partial charge >= 0.3 is 0 Å². The van der Waals surface area contributed by atoms with Crippen LogP contribution in [0.5, 0.6) is 5.75 Å². The Hall–Kier alpha value is -3.72. The number of hydrogen-bond acceptors (Lipinski definition) is 6. The molecule has 3 aromatic rings. The highest BCUT2D eigenvalue weighted by molar-refractivity contribution is 5.87. The predicted molar refractivity (Wildman–Crippen MR) is 107 cm³/mol. The molecule has 0 aliphatic heterocycles. The lowest BCUT2D eigenvalue weighted by Crippen LogP contribution is -2.15. The number of ether oxygens (including phenoxy) is 1. The molecule has 0 fully saturated rings. The summed E-state index contributed by atoms with van der Waals surface area (Å²) < 4.78 is 6.30. The second-order valence-corrected chi connectivity index (χ2v) is 6.64. The fourth-order valence-corrected chi connectivity index (χ4v) is 3.47. The van der Waals surface area contributed by atoms with Crippen LogP contribution < -0.4 is 10.1 Å². The molecule has 0 spiro atoms. The summed E-state index contributed by atoms with van der Waals surface area (Å²) >= 11 is 0.